The van der Waals surface area contributed by atoms with Crippen LogP contribution in [-0.2, 0) is 12.8 Å². The number of benzene rings is 7. The van der Waals surface area contributed by atoms with Crippen LogP contribution in [0.25, 0.3) is 88.4 Å². The second-order valence-corrected chi connectivity index (χ2v) is 15.0. The first-order valence-electron chi connectivity index (χ1n) is 20.3. The number of furan rings is 1. The van der Waals surface area contributed by atoms with Crippen LogP contribution in [0.15, 0.2) is 132 Å². The van der Waals surface area contributed by atoms with Gasteiger partial charge in [0.25, 0.3) is 0 Å². The molecule has 4 heteroatoms. The molecule has 0 spiro atoms. The second-order valence-electron chi connectivity index (χ2n) is 15.0. The van der Waals surface area contributed by atoms with E-state index in [1.807, 2.05) is 36.4 Å². The number of hydrogen-bond acceptors (Lipinski definition) is 4. The highest BCUT2D eigenvalue weighted by atomic mass is 16.3. The van der Waals surface area contributed by atoms with Crippen molar-refractivity contribution in [2.75, 3.05) is 0 Å². The molecule has 7 aromatic carbocycles. The van der Waals surface area contributed by atoms with E-state index in [1.54, 1.807) is 0 Å². The predicted octanol–water partition coefficient (Wildman–Crippen LogP) is 14.5. The lowest BCUT2D eigenvalue weighted by Crippen LogP contribution is -2.00. The van der Waals surface area contributed by atoms with E-state index in [9.17, 15) is 0 Å². The van der Waals surface area contributed by atoms with Gasteiger partial charge in [0.05, 0.1) is 0 Å². The average Bonchev–Trinajstić information content (AvgIpc) is 3.63. The lowest BCUT2D eigenvalue weighted by Gasteiger charge is -2.17. The van der Waals surface area contributed by atoms with Gasteiger partial charge in [-0.1, -0.05) is 162 Å². The van der Waals surface area contributed by atoms with Crippen LogP contribution in [0.1, 0.15) is 76.3 Å². The Morgan fingerprint density at radius 2 is 0.927 bits per heavy atom. The smallest absolute Gasteiger partial charge is 0.164 e. The van der Waals surface area contributed by atoms with E-state index >= 15 is 0 Å². The first-order valence-corrected chi connectivity index (χ1v) is 20.3. The van der Waals surface area contributed by atoms with Gasteiger partial charge in [-0.2, -0.15) is 0 Å². The Morgan fingerprint density at radius 3 is 1.56 bits per heavy atom. The Labute approximate surface area is 323 Å². The molecule has 0 fully saturated rings. The van der Waals surface area contributed by atoms with E-state index in [0.717, 1.165) is 46.1 Å². The summed E-state index contributed by atoms with van der Waals surface area (Å²) in [5, 5.41) is 9.69. The maximum atomic E-state index is 6.77. The molecule has 272 valence electrons. The molecule has 0 atom stereocenters. The highest BCUT2D eigenvalue weighted by molar-refractivity contribution is 6.32. The molecule has 4 nitrogen and oxygen atoms in total. The van der Waals surface area contributed by atoms with E-state index < -0.39 is 0 Å². The van der Waals surface area contributed by atoms with Crippen molar-refractivity contribution in [1.29, 1.82) is 0 Å². The fourth-order valence-electron chi connectivity index (χ4n) is 8.43. The fraction of sp³-hybridized carbons (Fsp3) is 0.235. The summed E-state index contributed by atoms with van der Waals surface area (Å²) in [5.41, 5.74) is 7.79. The maximum Gasteiger partial charge on any atom is 0.164 e. The third-order valence-corrected chi connectivity index (χ3v) is 11.3. The van der Waals surface area contributed by atoms with Crippen LogP contribution in [-0.4, -0.2) is 15.0 Å². The third-order valence-electron chi connectivity index (χ3n) is 11.3. The molecule has 2 aromatic heterocycles. The van der Waals surface area contributed by atoms with Gasteiger partial charge in [0, 0.05) is 32.8 Å². The van der Waals surface area contributed by atoms with Crippen molar-refractivity contribution in [3.05, 3.63) is 139 Å². The van der Waals surface area contributed by atoms with Crippen LogP contribution >= 0.6 is 0 Å². The molecular weight excluding hydrogens is 671 g/mol. The maximum absolute atomic E-state index is 6.77. The Bertz CT molecular complexity index is 2730. The summed E-state index contributed by atoms with van der Waals surface area (Å²) in [6, 6.07) is 45.3. The molecule has 0 aliphatic heterocycles. The Kier molecular flexibility index (Phi) is 9.81. The molecule has 55 heavy (non-hydrogen) atoms. The van der Waals surface area contributed by atoms with Gasteiger partial charge in [-0.25, -0.2) is 15.0 Å². The molecule has 0 aliphatic carbocycles. The van der Waals surface area contributed by atoms with Crippen molar-refractivity contribution < 1.29 is 4.42 Å². The number of nitrogens with zero attached hydrogens (tertiary/aromatic N) is 3. The van der Waals surface area contributed by atoms with Gasteiger partial charge in [-0.15, -0.1) is 0 Å². The normalized spacial score (nSPS) is 11.8. The SMILES string of the molecule is CCCCCCc1cc2c3cc(-c4nc(-c5ccccc5)nc(-c5ccccc5)n4)ccc3c3ccc4c5ccccc5oc4c3c2cc1CCCCCC. The Morgan fingerprint density at radius 1 is 0.400 bits per heavy atom. The van der Waals surface area contributed by atoms with Gasteiger partial charge in [-0.05, 0) is 81.9 Å². The van der Waals surface area contributed by atoms with Gasteiger partial charge >= 0.3 is 0 Å². The van der Waals surface area contributed by atoms with Crippen LogP contribution in [0.5, 0.6) is 0 Å². The summed E-state index contributed by atoms with van der Waals surface area (Å²) in [7, 11) is 0. The van der Waals surface area contributed by atoms with Crippen molar-refractivity contribution in [3.63, 3.8) is 0 Å². The molecule has 2 heterocycles. The van der Waals surface area contributed by atoms with Gasteiger partial charge in [0.15, 0.2) is 17.5 Å². The van der Waals surface area contributed by atoms with E-state index in [1.165, 1.54) is 100 Å². The molecule has 0 radical (unpaired) electrons. The molecule has 0 amide bonds. The summed E-state index contributed by atoms with van der Waals surface area (Å²) in [5.74, 6) is 2.01. The first kappa shape index (κ1) is 34.9. The summed E-state index contributed by atoms with van der Waals surface area (Å²) < 4.78 is 6.77. The minimum Gasteiger partial charge on any atom is -0.455 e. The highest BCUT2D eigenvalue weighted by Crippen LogP contribution is 2.44. The molecular formula is C51H47N3O. The number of aromatic nitrogens is 3. The molecule has 9 aromatic rings. The van der Waals surface area contributed by atoms with Crippen LogP contribution in [0.3, 0.4) is 0 Å². The number of unbranched alkanes of at least 4 members (excludes halogenated alkanes) is 6. The molecule has 0 aliphatic rings. The third kappa shape index (κ3) is 6.76. The first-order chi connectivity index (χ1) is 27.2. The van der Waals surface area contributed by atoms with Crippen molar-refractivity contribution in [1.82, 2.24) is 15.0 Å². The van der Waals surface area contributed by atoms with Crippen LogP contribution in [0.4, 0.5) is 0 Å². The molecule has 0 saturated heterocycles. The van der Waals surface area contributed by atoms with Crippen molar-refractivity contribution in [3.8, 4) is 34.2 Å². The molecule has 0 unspecified atom stereocenters. The second kappa shape index (κ2) is 15.5. The van der Waals surface area contributed by atoms with Crippen molar-refractivity contribution in [2.24, 2.45) is 0 Å². The topological polar surface area (TPSA) is 51.8 Å². The minimum atomic E-state index is 0.669. The van der Waals surface area contributed by atoms with Crippen LogP contribution in [0.2, 0.25) is 0 Å². The quantitative estimate of drug-likeness (QED) is 0.0880. The predicted molar refractivity (Wildman–Crippen MR) is 232 cm³/mol. The van der Waals surface area contributed by atoms with Crippen molar-refractivity contribution in [2.45, 2.75) is 78.1 Å². The van der Waals surface area contributed by atoms with E-state index in [0.29, 0.717) is 17.5 Å². The van der Waals surface area contributed by atoms with Gasteiger partial charge in [-0.3, -0.25) is 0 Å². The lowest BCUT2D eigenvalue weighted by atomic mass is 9.87. The van der Waals surface area contributed by atoms with Crippen LogP contribution in [0, 0.1) is 0 Å². The van der Waals surface area contributed by atoms with Gasteiger partial charge in [0.2, 0.25) is 0 Å². The van der Waals surface area contributed by atoms with E-state index in [-0.39, 0.29) is 0 Å². The molecule has 9 rings (SSSR count). The van der Waals surface area contributed by atoms with Crippen molar-refractivity contribution >= 4 is 54.3 Å². The number of hydrogen-bond donors (Lipinski definition) is 0. The van der Waals surface area contributed by atoms with Gasteiger partial charge in [0.1, 0.15) is 11.2 Å². The Hall–Kier alpha value is -5.87. The summed E-state index contributed by atoms with van der Waals surface area (Å²) in [6.45, 7) is 4.59. The Balaban J connectivity index is 1.31. The van der Waals surface area contributed by atoms with E-state index in [4.69, 9.17) is 19.4 Å². The van der Waals surface area contributed by atoms with E-state index in [2.05, 4.69) is 105 Å². The zero-order valence-corrected chi connectivity index (χ0v) is 31.9. The zero-order chi connectivity index (χ0) is 37.1. The lowest BCUT2D eigenvalue weighted by molar-refractivity contribution is 0.651. The summed E-state index contributed by atoms with van der Waals surface area (Å²) in [4.78, 5) is 15.2. The number of aryl methyl sites for hydroxylation is 2. The summed E-state index contributed by atoms with van der Waals surface area (Å²) >= 11 is 0. The molecule has 0 N–H and O–H groups in total. The number of para-hydroxylation sites is 1. The van der Waals surface area contributed by atoms with Crippen LogP contribution < -0.4 is 0 Å². The summed E-state index contributed by atoms with van der Waals surface area (Å²) in [6.07, 6.45) is 12.2. The number of fused-ring (bicyclic) bond motifs is 10. The monoisotopic (exact) mass is 717 g/mol. The van der Waals surface area contributed by atoms with Gasteiger partial charge < -0.3 is 4.42 Å². The fourth-order valence-corrected chi connectivity index (χ4v) is 8.43. The minimum absolute atomic E-state index is 0.669. The zero-order valence-electron chi connectivity index (χ0n) is 31.9. The molecule has 0 bridgehead atoms. The average molecular weight is 718 g/mol. The molecule has 0 saturated carbocycles. The standard InChI is InChI=1S/C51H47N3O/c1-3-5-7-11-23-36-31-44-43-33-38(51-53-49(34-19-13-9-14-20-34)52-50(54-51)35-21-15-10-16-22-35)27-28-39(43)41-29-30-42-40-25-17-18-26-46(40)55-48(42)47(41)45(44)32-37(36)24-12-8-6-4-2/h9-10,13-22,25-33H,3-8,11-12,23-24H2,1-2H3. The highest BCUT2D eigenvalue weighted by Gasteiger charge is 2.20. The largest absolute Gasteiger partial charge is 0.455 e. The number of rotatable bonds is 13.